The Labute approximate surface area is 91.0 Å². The average molecular weight is 226 g/mol. The molecule has 0 aliphatic heterocycles. The summed E-state index contributed by atoms with van der Waals surface area (Å²) in [6.07, 6.45) is 0. The summed E-state index contributed by atoms with van der Waals surface area (Å²) < 4.78 is 9.25. The molecule has 1 aromatic carbocycles. The lowest BCUT2D eigenvalue weighted by atomic mass is 10.2. The van der Waals surface area contributed by atoms with Gasteiger partial charge in [0.15, 0.2) is 6.61 Å². The van der Waals surface area contributed by atoms with Gasteiger partial charge in [-0.25, -0.2) is 9.59 Å². The van der Waals surface area contributed by atoms with Crippen molar-refractivity contribution < 1.29 is 29.3 Å². The van der Waals surface area contributed by atoms with Crippen LogP contribution in [0.15, 0.2) is 18.2 Å². The molecular formula is C10H10O6. The summed E-state index contributed by atoms with van der Waals surface area (Å²) in [5, 5.41) is 18.1. The molecule has 2 N–H and O–H groups in total. The minimum absolute atomic E-state index is 0.0853. The molecule has 6 heteroatoms. The molecule has 6 nitrogen and oxygen atoms in total. The highest BCUT2D eigenvalue weighted by Gasteiger charge is 2.17. The van der Waals surface area contributed by atoms with Gasteiger partial charge in [0.1, 0.15) is 17.1 Å². The van der Waals surface area contributed by atoms with E-state index in [1.807, 2.05) is 0 Å². The van der Waals surface area contributed by atoms with Gasteiger partial charge < -0.3 is 19.7 Å². The monoisotopic (exact) mass is 226 g/mol. The van der Waals surface area contributed by atoms with Crippen LogP contribution in [0.4, 0.5) is 0 Å². The second kappa shape index (κ2) is 5.01. The zero-order valence-corrected chi connectivity index (χ0v) is 8.47. The van der Waals surface area contributed by atoms with Crippen molar-refractivity contribution in [1.82, 2.24) is 0 Å². The minimum Gasteiger partial charge on any atom is -0.507 e. The third-order valence-corrected chi connectivity index (χ3v) is 1.79. The second-order valence-electron chi connectivity index (χ2n) is 2.82. The predicted octanol–water partition coefficient (Wildman–Crippen LogP) is 0.642. The number of hydrogen-bond donors (Lipinski definition) is 2. The van der Waals surface area contributed by atoms with Gasteiger partial charge in [0.2, 0.25) is 0 Å². The molecule has 0 radical (unpaired) electrons. The number of methoxy groups -OCH3 is 1. The lowest BCUT2D eigenvalue weighted by Crippen LogP contribution is -2.14. The molecule has 1 aromatic rings. The lowest BCUT2D eigenvalue weighted by Gasteiger charge is -2.08. The first-order valence-electron chi connectivity index (χ1n) is 4.31. The summed E-state index contributed by atoms with van der Waals surface area (Å²) in [5.74, 6) is -2.48. The van der Waals surface area contributed by atoms with E-state index in [9.17, 15) is 14.7 Å². The van der Waals surface area contributed by atoms with Crippen molar-refractivity contribution in [2.75, 3.05) is 13.7 Å². The normalized spacial score (nSPS) is 9.56. The van der Waals surface area contributed by atoms with E-state index in [0.717, 1.165) is 0 Å². The highest BCUT2D eigenvalue weighted by molar-refractivity contribution is 5.94. The quantitative estimate of drug-likeness (QED) is 0.732. The van der Waals surface area contributed by atoms with Gasteiger partial charge >= 0.3 is 11.9 Å². The third-order valence-electron chi connectivity index (χ3n) is 1.79. The van der Waals surface area contributed by atoms with E-state index in [1.54, 1.807) is 0 Å². The number of benzene rings is 1. The van der Waals surface area contributed by atoms with Gasteiger partial charge in [-0.2, -0.15) is 0 Å². The number of aromatic carboxylic acids is 1. The van der Waals surface area contributed by atoms with E-state index in [0.29, 0.717) is 0 Å². The SMILES string of the molecule is COC(=O)COc1cccc(O)c1C(=O)O. The molecule has 0 bridgehead atoms. The first kappa shape index (κ1) is 11.8. The topological polar surface area (TPSA) is 93.1 Å². The number of carbonyl (C=O) groups excluding carboxylic acids is 1. The Balaban J connectivity index is 2.91. The van der Waals surface area contributed by atoms with Gasteiger partial charge in [-0.15, -0.1) is 0 Å². The zero-order chi connectivity index (χ0) is 12.1. The van der Waals surface area contributed by atoms with Crippen LogP contribution >= 0.6 is 0 Å². The lowest BCUT2D eigenvalue weighted by molar-refractivity contribution is -0.142. The van der Waals surface area contributed by atoms with Crippen LogP contribution in [-0.4, -0.2) is 35.9 Å². The average Bonchev–Trinajstić information content (AvgIpc) is 2.25. The first-order chi connectivity index (χ1) is 7.56. The summed E-state index contributed by atoms with van der Waals surface area (Å²) in [7, 11) is 1.19. The summed E-state index contributed by atoms with van der Waals surface area (Å²) in [6, 6.07) is 3.97. The van der Waals surface area contributed by atoms with Gasteiger partial charge in [-0.05, 0) is 12.1 Å². The number of carboxylic acids is 1. The Morgan fingerprint density at radius 2 is 2.06 bits per heavy atom. The van der Waals surface area contributed by atoms with Crippen LogP contribution in [0.2, 0.25) is 0 Å². The molecule has 0 unspecified atom stereocenters. The number of aromatic hydroxyl groups is 1. The predicted molar refractivity (Wildman–Crippen MR) is 52.6 cm³/mol. The minimum atomic E-state index is -1.34. The fourth-order valence-electron chi connectivity index (χ4n) is 1.05. The molecule has 86 valence electrons. The molecule has 0 saturated carbocycles. The number of rotatable bonds is 4. The summed E-state index contributed by atoms with van der Waals surface area (Å²) in [6.45, 7) is -0.416. The standard InChI is InChI=1S/C10H10O6/c1-15-8(12)5-16-7-4-2-3-6(11)9(7)10(13)14/h2-4,11H,5H2,1H3,(H,13,14). The Kier molecular flexibility index (Phi) is 3.71. The molecule has 0 saturated heterocycles. The van der Waals surface area contributed by atoms with Crippen LogP contribution < -0.4 is 4.74 Å². The molecule has 1 rings (SSSR count). The number of carbonyl (C=O) groups is 2. The highest BCUT2D eigenvalue weighted by Crippen LogP contribution is 2.27. The van der Waals surface area contributed by atoms with Crippen molar-refractivity contribution in [2.24, 2.45) is 0 Å². The van der Waals surface area contributed by atoms with E-state index in [1.165, 1.54) is 25.3 Å². The number of hydrogen-bond acceptors (Lipinski definition) is 5. The molecule has 0 aliphatic carbocycles. The van der Waals surface area contributed by atoms with E-state index in [4.69, 9.17) is 9.84 Å². The smallest absolute Gasteiger partial charge is 0.343 e. The van der Waals surface area contributed by atoms with Crippen LogP contribution in [0.3, 0.4) is 0 Å². The Bertz CT molecular complexity index is 412. The Hall–Kier alpha value is -2.24. The molecule has 0 aliphatic rings. The molecule has 16 heavy (non-hydrogen) atoms. The van der Waals surface area contributed by atoms with Gasteiger partial charge in [0.05, 0.1) is 7.11 Å². The number of esters is 1. The third kappa shape index (κ3) is 2.63. The van der Waals surface area contributed by atoms with Crippen LogP contribution in [0.5, 0.6) is 11.5 Å². The number of phenols is 1. The first-order valence-corrected chi connectivity index (χ1v) is 4.31. The van der Waals surface area contributed by atoms with Crippen molar-refractivity contribution in [2.45, 2.75) is 0 Å². The maximum absolute atomic E-state index is 10.8. The Morgan fingerprint density at radius 1 is 1.38 bits per heavy atom. The summed E-state index contributed by atoms with van der Waals surface area (Å²) in [5.41, 5.74) is -0.383. The van der Waals surface area contributed by atoms with E-state index in [2.05, 4.69) is 4.74 Å². The van der Waals surface area contributed by atoms with Crippen molar-refractivity contribution in [3.63, 3.8) is 0 Å². The maximum Gasteiger partial charge on any atom is 0.343 e. The Morgan fingerprint density at radius 3 is 2.62 bits per heavy atom. The molecule has 0 aromatic heterocycles. The molecule has 0 amide bonds. The number of carboxylic acid groups (broad SMARTS) is 1. The fraction of sp³-hybridized carbons (Fsp3) is 0.200. The zero-order valence-electron chi connectivity index (χ0n) is 8.47. The van der Waals surface area contributed by atoms with Crippen LogP contribution in [0.1, 0.15) is 10.4 Å². The van der Waals surface area contributed by atoms with E-state index < -0.39 is 24.3 Å². The molecule has 0 spiro atoms. The summed E-state index contributed by atoms with van der Waals surface area (Å²) in [4.78, 5) is 21.6. The maximum atomic E-state index is 10.8. The van der Waals surface area contributed by atoms with E-state index >= 15 is 0 Å². The van der Waals surface area contributed by atoms with Crippen LogP contribution in [0.25, 0.3) is 0 Å². The molecular weight excluding hydrogens is 216 g/mol. The van der Waals surface area contributed by atoms with Crippen molar-refractivity contribution in [3.8, 4) is 11.5 Å². The van der Waals surface area contributed by atoms with Gasteiger partial charge in [-0.1, -0.05) is 6.07 Å². The summed E-state index contributed by atoms with van der Waals surface area (Å²) >= 11 is 0. The highest BCUT2D eigenvalue weighted by atomic mass is 16.6. The largest absolute Gasteiger partial charge is 0.507 e. The second-order valence-corrected chi connectivity index (χ2v) is 2.82. The van der Waals surface area contributed by atoms with Crippen molar-refractivity contribution >= 4 is 11.9 Å². The van der Waals surface area contributed by atoms with Crippen LogP contribution in [-0.2, 0) is 9.53 Å². The van der Waals surface area contributed by atoms with Gasteiger partial charge in [-0.3, -0.25) is 0 Å². The number of ether oxygens (including phenoxy) is 2. The fourth-order valence-corrected chi connectivity index (χ4v) is 1.05. The van der Waals surface area contributed by atoms with Crippen molar-refractivity contribution in [3.05, 3.63) is 23.8 Å². The van der Waals surface area contributed by atoms with Crippen molar-refractivity contribution in [1.29, 1.82) is 0 Å². The van der Waals surface area contributed by atoms with E-state index in [-0.39, 0.29) is 11.3 Å². The molecule has 0 fully saturated rings. The van der Waals surface area contributed by atoms with Gasteiger partial charge in [0, 0.05) is 0 Å². The van der Waals surface area contributed by atoms with Crippen LogP contribution in [0, 0.1) is 0 Å². The molecule has 0 atom stereocenters. The van der Waals surface area contributed by atoms with Gasteiger partial charge in [0.25, 0.3) is 0 Å². The molecule has 0 heterocycles.